The van der Waals surface area contributed by atoms with Crippen LogP contribution < -0.4 is 5.32 Å². The van der Waals surface area contributed by atoms with Crippen molar-refractivity contribution in [2.75, 3.05) is 13.1 Å². The summed E-state index contributed by atoms with van der Waals surface area (Å²) in [6, 6.07) is 0. The van der Waals surface area contributed by atoms with Gasteiger partial charge in [0.1, 0.15) is 0 Å². The Bertz CT molecular complexity index is 399. The highest BCUT2D eigenvalue weighted by molar-refractivity contribution is 5.99. The summed E-state index contributed by atoms with van der Waals surface area (Å²) in [5, 5.41) is 2.25. The first-order valence-electron chi connectivity index (χ1n) is 4.96. The molecule has 0 bridgehead atoms. The van der Waals surface area contributed by atoms with E-state index in [0.717, 1.165) is 11.4 Å². The number of imide groups is 1. The van der Waals surface area contributed by atoms with Crippen LogP contribution in [0.1, 0.15) is 11.4 Å². The molecule has 2 rings (SSSR count). The van der Waals surface area contributed by atoms with Crippen LogP contribution in [-0.2, 0) is 16.1 Å². The molecule has 1 N–H and O–H groups in total. The molecule has 0 radical (unpaired) electrons. The summed E-state index contributed by atoms with van der Waals surface area (Å²) in [5.74, 6) is -0.535. The molecule has 1 aliphatic heterocycles. The Kier molecular flexibility index (Phi) is 2.91. The molecule has 0 aromatic carbocycles. The molecular formula is C10H12N4O2. The second kappa shape index (κ2) is 4.36. The summed E-state index contributed by atoms with van der Waals surface area (Å²) in [6.45, 7) is 2.77. The summed E-state index contributed by atoms with van der Waals surface area (Å²) in [5.41, 5.74) is 1.60. The number of carbonyl (C=O) groups excluding carboxylic acids is 2. The number of carbonyl (C=O) groups is 2. The van der Waals surface area contributed by atoms with Crippen LogP contribution in [-0.4, -0.2) is 39.8 Å². The SMILES string of the molecule is Cc1cnc(CN2CC(=O)NC(=O)C2)cn1. The van der Waals surface area contributed by atoms with Gasteiger partial charge in [-0.2, -0.15) is 0 Å². The van der Waals surface area contributed by atoms with Crippen molar-refractivity contribution in [3.05, 3.63) is 23.8 Å². The zero-order valence-electron chi connectivity index (χ0n) is 8.93. The third-order valence-corrected chi connectivity index (χ3v) is 2.23. The van der Waals surface area contributed by atoms with Crippen LogP contribution in [0, 0.1) is 6.92 Å². The fraction of sp³-hybridized carbons (Fsp3) is 0.400. The van der Waals surface area contributed by atoms with Crippen LogP contribution in [0.25, 0.3) is 0 Å². The number of aromatic nitrogens is 2. The molecule has 0 atom stereocenters. The monoisotopic (exact) mass is 220 g/mol. The van der Waals surface area contributed by atoms with Gasteiger partial charge in [-0.1, -0.05) is 0 Å². The maximum absolute atomic E-state index is 11.1. The molecule has 2 heterocycles. The Morgan fingerprint density at radius 1 is 1.25 bits per heavy atom. The molecule has 1 aromatic rings. The van der Waals surface area contributed by atoms with Crippen molar-refractivity contribution < 1.29 is 9.59 Å². The van der Waals surface area contributed by atoms with Gasteiger partial charge in [0.25, 0.3) is 0 Å². The van der Waals surface area contributed by atoms with Crippen molar-refractivity contribution in [3.8, 4) is 0 Å². The zero-order valence-corrected chi connectivity index (χ0v) is 8.93. The summed E-state index contributed by atoms with van der Waals surface area (Å²) in [7, 11) is 0. The van der Waals surface area contributed by atoms with Gasteiger partial charge in [0.2, 0.25) is 11.8 Å². The first-order valence-corrected chi connectivity index (χ1v) is 4.96. The highest BCUT2D eigenvalue weighted by atomic mass is 16.2. The topological polar surface area (TPSA) is 75.2 Å². The molecule has 1 aliphatic rings. The Hall–Kier alpha value is -1.82. The van der Waals surface area contributed by atoms with E-state index in [1.54, 1.807) is 17.3 Å². The predicted molar refractivity (Wildman–Crippen MR) is 55.2 cm³/mol. The average molecular weight is 220 g/mol. The lowest BCUT2D eigenvalue weighted by Gasteiger charge is -2.24. The molecule has 0 spiro atoms. The minimum absolute atomic E-state index is 0.224. The maximum atomic E-state index is 11.1. The molecule has 1 saturated heterocycles. The minimum atomic E-state index is -0.267. The molecule has 1 fully saturated rings. The van der Waals surface area contributed by atoms with Crippen molar-refractivity contribution in [1.29, 1.82) is 0 Å². The average Bonchev–Trinajstić information content (AvgIpc) is 2.20. The largest absolute Gasteiger partial charge is 0.294 e. The van der Waals surface area contributed by atoms with E-state index >= 15 is 0 Å². The molecule has 6 nitrogen and oxygen atoms in total. The molecule has 6 heteroatoms. The van der Waals surface area contributed by atoms with Crippen molar-refractivity contribution >= 4 is 11.8 Å². The van der Waals surface area contributed by atoms with E-state index in [9.17, 15) is 9.59 Å². The molecule has 2 amide bonds. The lowest BCUT2D eigenvalue weighted by Crippen LogP contribution is -2.50. The van der Waals surface area contributed by atoms with E-state index in [2.05, 4.69) is 15.3 Å². The number of piperazine rings is 1. The van der Waals surface area contributed by atoms with Crippen LogP contribution in [0.4, 0.5) is 0 Å². The summed E-state index contributed by atoms with van der Waals surface area (Å²) in [6.07, 6.45) is 3.33. The van der Waals surface area contributed by atoms with Crippen molar-refractivity contribution in [3.63, 3.8) is 0 Å². The molecule has 0 unspecified atom stereocenters. The Morgan fingerprint density at radius 3 is 2.50 bits per heavy atom. The quantitative estimate of drug-likeness (QED) is 0.663. The van der Waals surface area contributed by atoms with Crippen LogP contribution in [0.5, 0.6) is 0 Å². The number of rotatable bonds is 2. The third kappa shape index (κ3) is 2.60. The number of nitrogens with zero attached hydrogens (tertiary/aromatic N) is 3. The number of amides is 2. The van der Waals surface area contributed by atoms with Gasteiger partial charge in [0, 0.05) is 18.9 Å². The first-order chi connectivity index (χ1) is 7.63. The van der Waals surface area contributed by atoms with Crippen molar-refractivity contribution in [1.82, 2.24) is 20.2 Å². The van der Waals surface area contributed by atoms with Crippen LogP contribution in [0.3, 0.4) is 0 Å². The first kappa shape index (κ1) is 10.7. The van der Waals surface area contributed by atoms with Gasteiger partial charge in [-0.15, -0.1) is 0 Å². The summed E-state index contributed by atoms with van der Waals surface area (Å²) in [4.78, 5) is 32.3. The van der Waals surface area contributed by atoms with Crippen LogP contribution in [0.15, 0.2) is 12.4 Å². The van der Waals surface area contributed by atoms with E-state index in [0.29, 0.717) is 6.54 Å². The number of aryl methyl sites for hydroxylation is 1. The summed E-state index contributed by atoms with van der Waals surface area (Å²) < 4.78 is 0. The van der Waals surface area contributed by atoms with Crippen molar-refractivity contribution in [2.45, 2.75) is 13.5 Å². The van der Waals surface area contributed by atoms with E-state index < -0.39 is 0 Å². The van der Waals surface area contributed by atoms with Gasteiger partial charge in [0.05, 0.1) is 24.5 Å². The third-order valence-electron chi connectivity index (χ3n) is 2.23. The summed E-state index contributed by atoms with van der Waals surface area (Å²) >= 11 is 0. The lowest BCUT2D eigenvalue weighted by molar-refractivity contribution is -0.136. The van der Waals surface area contributed by atoms with Crippen molar-refractivity contribution in [2.24, 2.45) is 0 Å². The Labute approximate surface area is 92.7 Å². The van der Waals surface area contributed by atoms with Crippen LogP contribution in [0.2, 0.25) is 0 Å². The Morgan fingerprint density at radius 2 is 1.94 bits per heavy atom. The van der Waals surface area contributed by atoms with Gasteiger partial charge in [-0.3, -0.25) is 29.8 Å². The fourth-order valence-electron chi connectivity index (χ4n) is 1.54. The van der Waals surface area contributed by atoms with E-state index in [-0.39, 0.29) is 24.9 Å². The lowest BCUT2D eigenvalue weighted by atomic mass is 10.3. The van der Waals surface area contributed by atoms with Gasteiger partial charge < -0.3 is 0 Å². The van der Waals surface area contributed by atoms with Gasteiger partial charge in [-0.05, 0) is 6.92 Å². The van der Waals surface area contributed by atoms with E-state index in [1.807, 2.05) is 6.92 Å². The minimum Gasteiger partial charge on any atom is -0.294 e. The Balaban J connectivity index is 2.01. The molecule has 1 aromatic heterocycles. The van der Waals surface area contributed by atoms with E-state index in [1.165, 1.54) is 0 Å². The van der Waals surface area contributed by atoms with Gasteiger partial charge >= 0.3 is 0 Å². The molecule has 84 valence electrons. The normalized spacial score (nSPS) is 17.3. The zero-order chi connectivity index (χ0) is 11.5. The second-order valence-corrected chi connectivity index (χ2v) is 3.77. The molecule has 16 heavy (non-hydrogen) atoms. The number of hydrogen-bond acceptors (Lipinski definition) is 5. The molecule has 0 aliphatic carbocycles. The highest BCUT2D eigenvalue weighted by Crippen LogP contribution is 2.02. The number of hydrogen-bond donors (Lipinski definition) is 1. The predicted octanol–water partition coefficient (Wildman–Crippen LogP) is -0.757. The van der Waals surface area contributed by atoms with Crippen LogP contribution >= 0.6 is 0 Å². The van der Waals surface area contributed by atoms with Gasteiger partial charge in [0.15, 0.2) is 0 Å². The fourth-order valence-corrected chi connectivity index (χ4v) is 1.54. The number of nitrogens with one attached hydrogen (secondary N) is 1. The van der Waals surface area contributed by atoms with E-state index in [4.69, 9.17) is 0 Å². The second-order valence-electron chi connectivity index (χ2n) is 3.77. The highest BCUT2D eigenvalue weighted by Gasteiger charge is 2.22. The standard InChI is InChI=1S/C10H12N4O2/c1-7-2-12-8(3-11-7)4-14-5-9(15)13-10(16)6-14/h2-3H,4-6H2,1H3,(H,13,15,16). The van der Waals surface area contributed by atoms with Gasteiger partial charge in [-0.25, -0.2) is 0 Å². The molecule has 0 saturated carbocycles. The smallest absolute Gasteiger partial charge is 0.240 e. The molecular weight excluding hydrogens is 208 g/mol. The maximum Gasteiger partial charge on any atom is 0.240 e.